The highest BCUT2D eigenvalue weighted by molar-refractivity contribution is 7.80. The zero-order valence-electron chi connectivity index (χ0n) is 11.0. The molecule has 0 atom stereocenters. The Morgan fingerprint density at radius 3 is 2.09 bits per heavy atom. The predicted octanol–water partition coefficient (Wildman–Crippen LogP) is 3.53. The highest BCUT2D eigenvalue weighted by Gasteiger charge is 2.15. The molecule has 114 valence electrons. The summed E-state index contributed by atoms with van der Waals surface area (Å²) >= 11 is 10.4. The Morgan fingerprint density at radius 1 is 1.05 bits per heavy atom. The fourth-order valence-electron chi connectivity index (χ4n) is 1.67. The molecular formula is C14H10ClF2N3OS. The Bertz CT molecular complexity index is 738. The quantitative estimate of drug-likeness (QED) is 0.590. The third-order valence-electron chi connectivity index (χ3n) is 2.66. The fraction of sp³-hybridized carbons (Fsp3) is 0. The van der Waals surface area contributed by atoms with Gasteiger partial charge in [-0.15, -0.1) is 0 Å². The highest BCUT2D eigenvalue weighted by Crippen LogP contribution is 2.22. The van der Waals surface area contributed by atoms with Crippen LogP contribution in [0.25, 0.3) is 0 Å². The van der Waals surface area contributed by atoms with Crippen LogP contribution in [0, 0.1) is 11.6 Å². The molecule has 4 N–H and O–H groups in total. The van der Waals surface area contributed by atoms with E-state index in [0.29, 0.717) is 11.4 Å². The van der Waals surface area contributed by atoms with E-state index in [4.69, 9.17) is 29.6 Å². The van der Waals surface area contributed by atoms with Crippen LogP contribution in [0.3, 0.4) is 0 Å². The molecule has 4 nitrogen and oxygen atoms in total. The second-order valence-electron chi connectivity index (χ2n) is 4.27. The van der Waals surface area contributed by atoms with Crippen molar-refractivity contribution in [3.63, 3.8) is 0 Å². The molecule has 2 aromatic rings. The lowest BCUT2D eigenvalue weighted by Crippen LogP contribution is -2.18. The molecule has 0 aliphatic rings. The number of carbonyl (C=O) groups is 1. The molecule has 22 heavy (non-hydrogen) atoms. The van der Waals surface area contributed by atoms with E-state index in [1.165, 1.54) is 0 Å². The van der Waals surface area contributed by atoms with Gasteiger partial charge in [-0.05, 0) is 48.6 Å². The van der Waals surface area contributed by atoms with Crippen LogP contribution in [0.2, 0.25) is 5.02 Å². The molecule has 0 bridgehead atoms. The van der Waals surface area contributed by atoms with E-state index >= 15 is 0 Å². The summed E-state index contributed by atoms with van der Waals surface area (Å²) in [6.45, 7) is 0. The minimum absolute atomic E-state index is 0.116. The van der Waals surface area contributed by atoms with Crippen molar-refractivity contribution in [1.82, 2.24) is 0 Å². The van der Waals surface area contributed by atoms with Crippen LogP contribution >= 0.6 is 23.8 Å². The number of hydrogen-bond donors (Lipinski definition) is 3. The summed E-state index contributed by atoms with van der Waals surface area (Å²) in [6.07, 6.45) is 0. The summed E-state index contributed by atoms with van der Waals surface area (Å²) in [4.78, 5) is 12.0. The van der Waals surface area contributed by atoms with Gasteiger partial charge in [0.2, 0.25) is 0 Å². The van der Waals surface area contributed by atoms with Crippen molar-refractivity contribution in [2.24, 2.45) is 5.73 Å². The molecular weight excluding hydrogens is 332 g/mol. The Kier molecular flexibility index (Phi) is 4.89. The molecule has 0 radical (unpaired) electrons. The zero-order valence-corrected chi connectivity index (χ0v) is 12.6. The number of nitrogens with one attached hydrogen (secondary N) is 2. The standard InChI is InChI=1S/C14H10ClF2N3OS/c15-10-6-12(17)11(16)5-9(10)13(21)19-7-1-3-8(4-2-7)20-14(18)22/h1-6H,(H,19,21)(H3,18,20,22). The summed E-state index contributed by atoms with van der Waals surface area (Å²) in [7, 11) is 0. The number of thiocarbonyl (C=S) groups is 1. The molecule has 0 fully saturated rings. The van der Waals surface area contributed by atoms with Crippen molar-refractivity contribution >= 4 is 46.2 Å². The summed E-state index contributed by atoms with van der Waals surface area (Å²) in [5, 5.41) is 5.18. The maximum atomic E-state index is 13.2. The molecule has 0 aromatic heterocycles. The third kappa shape index (κ3) is 3.90. The van der Waals surface area contributed by atoms with E-state index in [0.717, 1.165) is 12.1 Å². The molecule has 2 rings (SSSR count). The molecule has 0 unspecified atom stereocenters. The van der Waals surface area contributed by atoms with Gasteiger partial charge in [0.05, 0.1) is 10.6 Å². The van der Waals surface area contributed by atoms with E-state index in [1.54, 1.807) is 24.3 Å². The van der Waals surface area contributed by atoms with Gasteiger partial charge in [-0.2, -0.15) is 0 Å². The molecule has 0 heterocycles. The lowest BCUT2D eigenvalue weighted by Gasteiger charge is -2.09. The number of nitrogens with two attached hydrogens (primary N) is 1. The first kappa shape index (κ1) is 16.1. The van der Waals surface area contributed by atoms with Gasteiger partial charge in [-0.3, -0.25) is 4.79 Å². The van der Waals surface area contributed by atoms with Crippen molar-refractivity contribution < 1.29 is 13.6 Å². The van der Waals surface area contributed by atoms with Gasteiger partial charge >= 0.3 is 0 Å². The minimum atomic E-state index is -1.15. The van der Waals surface area contributed by atoms with Crippen LogP contribution in [0.5, 0.6) is 0 Å². The van der Waals surface area contributed by atoms with Gasteiger partial charge in [0.25, 0.3) is 5.91 Å². The molecule has 0 aliphatic heterocycles. The van der Waals surface area contributed by atoms with Gasteiger partial charge in [0.15, 0.2) is 16.7 Å². The van der Waals surface area contributed by atoms with E-state index < -0.39 is 17.5 Å². The zero-order chi connectivity index (χ0) is 16.3. The maximum Gasteiger partial charge on any atom is 0.257 e. The molecule has 2 aromatic carbocycles. The second-order valence-corrected chi connectivity index (χ2v) is 5.11. The number of rotatable bonds is 3. The van der Waals surface area contributed by atoms with Crippen molar-refractivity contribution in [1.29, 1.82) is 0 Å². The molecule has 0 aliphatic carbocycles. The van der Waals surface area contributed by atoms with Crippen molar-refractivity contribution in [3.8, 4) is 0 Å². The summed E-state index contributed by atoms with van der Waals surface area (Å²) in [5.41, 5.74) is 6.26. The van der Waals surface area contributed by atoms with Gasteiger partial charge in [0, 0.05) is 11.4 Å². The van der Waals surface area contributed by atoms with Crippen molar-refractivity contribution in [2.45, 2.75) is 0 Å². The number of hydrogen-bond acceptors (Lipinski definition) is 2. The van der Waals surface area contributed by atoms with E-state index in [-0.39, 0.29) is 15.7 Å². The smallest absolute Gasteiger partial charge is 0.257 e. The number of halogens is 3. The summed E-state index contributed by atoms with van der Waals surface area (Å²) in [5.74, 6) is -2.92. The van der Waals surface area contributed by atoms with Crippen LogP contribution in [0.1, 0.15) is 10.4 Å². The Balaban J connectivity index is 2.15. The van der Waals surface area contributed by atoms with E-state index in [1.807, 2.05) is 0 Å². The van der Waals surface area contributed by atoms with Gasteiger partial charge in [0.1, 0.15) is 0 Å². The number of carbonyl (C=O) groups excluding carboxylic acids is 1. The van der Waals surface area contributed by atoms with Crippen molar-refractivity contribution in [2.75, 3.05) is 10.6 Å². The summed E-state index contributed by atoms with van der Waals surface area (Å²) in [6, 6.07) is 7.96. The van der Waals surface area contributed by atoms with Crippen LogP contribution in [-0.4, -0.2) is 11.0 Å². The molecule has 8 heteroatoms. The minimum Gasteiger partial charge on any atom is -0.376 e. The fourth-order valence-corrected chi connectivity index (χ4v) is 2.03. The lowest BCUT2D eigenvalue weighted by atomic mass is 10.2. The average molecular weight is 342 g/mol. The molecule has 1 amide bonds. The van der Waals surface area contributed by atoms with Crippen LogP contribution in [0.15, 0.2) is 36.4 Å². The maximum absolute atomic E-state index is 13.2. The van der Waals surface area contributed by atoms with E-state index in [2.05, 4.69) is 10.6 Å². The Labute approximate surface area is 135 Å². The first-order valence-corrected chi connectivity index (χ1v) is 6.78. The monoisotopic (exact) mass is 341 g/mol. The topological polar surface area (TPSA) is 67.2 Å². The normalized spacial score (nSPS) is 10.1. The van der Waals surface area contributed by atoms with Crippen molar-refractivity contribution in [3.05, 3.63) is 58.6 Å². The largest absolute Gasteiger partial charge is 0.376 e. The lowest BCUT2D eigenvalue weighted by molar-refractivity contribution is 0.102. The molecule has 0 spiro atoms. The van der Waals surface area contributed by atoms with E-state index in [9.17, 15) is 13.6 Å². The van der Waals surface area contributed by atoms with Gasteiger partial charge < -0.3 is 16.4 Å². The molecule has 0 saturated heterocycles. The number of amides is 1. The number of benzene rings is 2. The first-order valence-electron chi connectivity index (χ1n) is 5.99. The van der Waals surface area contributed by atoms with Crippen LogP contribution in [0.4, 0.5) is 20.2 Å². The Hall–Kier alpha value is -2.25. The molecule has 0 saturated carbocycles. The first-order chi connectivity index (χ1) is 10.4. The second kappa shape index (κ2) is 6.67. The third-order valence-corrected chi connectivity index (χ3v) is 3.08. The highest BCUT2D eigenvalue weighted by atomic mass is 35.5. The van der Waals surface area contributed by atoms with Gasteiger partial charge in [-0.1, -0.05) is 11.6 Å². The number of anilines is 2. The average Bonchev–Trinajstić information content (AvgIpc) is 2.44. The van der Waals surface area contributed by atoms with Gasteiger partial charge in [-0.25, -0.2) is 8.78 Å². The predicted molar refractivity (Wildman–Crippen MR) is 86.2 cm³/mol. The van der Waals surface area contributed by atoms with Crippen LogP contribution < -0.4 is 16.4 Å². The SMILES string of the molecule is NC(=S)Nc1ccc(NC(=O)c2cc(F)c(F)cc2Cl)cc1. The van der Waals surface area contributed by atoms with Crippen LogP contribution in [-0.2, 0) is 0 Å². The Morgan fingerprint density at radius 2 is 1.55 bits per heavy atom. The summed E-state index contributed by atoms with van der Waals surface area (Å²) < 4.78 is 26.2.